The highest BCUT2D eigenvalue weighted by Gasteiger charge is 2.08. The molecule has 1 amide bonds. The number of aromatic amines is 1. The molecule has 7 heteroatoms. The minimum absolute atomic E-state index is 0.208. The van der Waals surface area contributed by atoms with Crippen LogP contribution in [0.25, 0.3) is 11.0 Å². The van der Waals surface area contributed by atoms with E-state index >= 15 is 0 Å². The quantitative estimate of drug-likeness (QED) is 0.686. The lowest BCUT2D eigenvalue weighted by Gasteiger charge is -2.10. The van der Waals surface area contributed by atoms with Gasteiger partial charge in [-0.3, -0.25) is 19.4 Å². The fourth-order valence-electron chi connectivity index (χ4n) is 2.33. The summed E-state index contributed by atoms with van der Waals surface area (Å²) in [5.74, 6) is -0.255. The summed E-state index contributed by atoms with van der Waals surface area (Å²) in [6.07, 6.45) is 3.06. The maximum absolute atomic E-state index is 12.0. The number of carbonyl (C=O) groups excluding carboxylic acids is 1. The lowest BCUT2D eigenvalue weighted by Crippen LogP contribution is -2.39. The fraction of sp³-hybridized carbons (Fsp3) is 0.125. The van der Waals surface area contributed by atoms with Crippen LogP contribution >= 0.6 is 0 Å². The zero-order valence-electron chi connectivity index (χ0n) is 12.2. The lowest BCUT2D eigenvalue weighted by molar-refractivity contribution is 0.0952. The van der Waals surface area contributed by atoms with Crippen LogP contribution in [-0.2, 0) is 6.54 Å². The number of H-pyrrole nitrogens is 1. The molecule has 7 nitrogen and oxygen atoms in total. The molecule has 0 fully saturated rings. The first-order valence-electron chi connectivity index (χ1n) is 7.07. The van der Waals surface area contributed by atoms with E-state index in [0.29, 0.717) is 16.6 Å². The van der Waals surface area contributed by atoms with Gasteiger partial charge in [-0.1, -0.05) is 12.1 Å². The number of fused-ring (bicyclic) bond motifs is 1. The van der Waals surface area contributed by atoms with Crippen LogP contribution in [-0.4, -0.2) is 27.0 Å². The molecule has 0 saturated heterocycles. The molecule has 3 aromatic rings. The van der Waals surface area contributed by atoms with Crippen LogP contribution in [0.1, 0.15) is 10.4 Å². The minimum atomic E-state index is -0.677. The van der Waals surface area contributed by atoms with E-state index < -0.39 is 11.1 Å². The second-order valence-corrected chi connectivity index (χ2v) is 4.92. The van der Waals surface area contributed by atoms with Gasteiger partial charge in [-0.2, -0.15) is 0 Å². The Hall–Kier alpha value is -3.22. The Bertz CT molecular complexity index is 960. The molecule has 0 atom stereocenters. The molecule has 0 aliphatic carbocycles. The van der Waals surface area contributed by atoms with Crippen LogP contribution in [0.5, 0.6) is 0 Å². The summed E-state index contributed by atoms with van der Waals surface area (Å²) in [7, 11) is 0. The molecular formula is C16H14N4O3. The Balaban J connectivity index is 1.80. The van der Waals surface area contributed by atoms with E-state index in [9.17, 15) is 14.4 Å². The molecule has 2 heterocycles. The Morgan fingerprint density at radius 3 is 2.65 bits per heavy atom. The molecule has 2 N–H and O–H groups in total. The number of hydrogen-bond donors (Lipinski definition) is 2. The van der Waals surface area contributed by atoms with Gasteiger partial charge in [0, 0.05) is 31.0 Å². The average Bonchev–Trinajstić information content (AvgIpc) is 2.59. The van der Waals surface area contributed by atoms with Crippen molar-refractivity contribution in [3.8, 4) is 0 Å². The fourth-order valence-corrected chi connectivity index (χ4v) is 2.33. The van der Waals surface area contributed by atoms with Crippen molar-refractivity contribution in [1.82, 2.24) is 19.9 Å². The Labute approximate surface area is 130 Å². The minimum Gasteiger partial charge on any atom is -0.350 e. The summed E-state index contributed by atoms with van der Waals surface area (Å²) < 4.78 is 1.36. The van der Waals surface area contributed by atoms with Crippen LogP contribution in [0.15, 0.2) is 58.4 Å². The summed E-state index contributed by atoms with van der Waals surface area (Å²) in [6, 6.07) is 10.2. The molecule has 0 aliphatic rings. The molecule has 0 radical (unpaired) electrons. The number of aromatic nitrogens is 3. The van der Waals surface area contributed by atoms with Gasteiger partial charge in [0.2, 0.25) is 0 Å². The number of nitrogens with zero attached hydrogens (tertiary/aromatic N) is 2. The molecule has 3 rings (SSSR count). The first-order valence-corrected chi connectivity index (χ1v) is 7.07. The highest BCUT2D eigenvalue weighted by molar-refractivity contribution is 5.93. The first-order chi connectivity index (χ1) is 11.2. The summed E-state index contributed by atoms with van der Waals surface area (Å²) in [6.45, 7) is 0.439. The second-order valence-electron chi connectivity index (χ2n) is 4.92. The highest BCUT2D eigenvalue weighted by atomic mass is 16.2. The smallest absolute Gasteiger partial charge is 0.316 e. The van der Waals surface area contributed by atoms with Gasteiger partial charge in [0.05, 0.1) is 11.0 Å². The molecule has 116 valence electrons. The average molecular weight is 310 g/mol. The van der Waals surface area contributed by atoms with Crippen molar-refractivity contribution < 1.29 is 4.79 Å². The Morgan fingerprint density at radius 2 is 1.87 bits per heavy atom. The molecule has 0 bridgehead atoms. The van der Waals surface area contributed by atoms with Crippen molar-refractivity contribution in [2.24, 2.45) is 0 Å². The van der Waals surface area contributed by atoms with E-state index in [1.165, 1.54) is 17.0 Å². The van der Waals surface area contributed by atoms with E-state index in [0.717, 1.165) is 0 Å². The van der Waals surface area contributed by atoms with E-state index in [1.54, 1.807) is 36.4 Å². The van der Waals surface area contributed by atoms with E-state index in [-0.39, 0.29) is 19.0 Å². The number of benzene rings is 1. The van der Waals surface area contributed by atoms with Crippen molar-refractivity contribution in [3.05, 3.63) is 75.1 Å². The Kier molecular flexibility index (Phi) is 4.01. The monoisotopic (exact) mass is 310 g/mol. The van der Waals surface area contributed by atoms with Gasteiger partial charge in [-0.05, 0) is 24.3 Å². The highest BCUT2D eigenvalue weighted by Crippen LogP contribution is 2.06. The SMILES string of the molecule is O=C(NCCn1c(=O)c(=O)[nH]c2ccccc21)c1ccncc1. The molecule has 0 spiro atoms. The van der Waals surface area contributed by atoms with E-state index in [4.69, 9.17) is 0 Å². The lowest BCUT2D eigenvalue weighted by atomic mass is 10.2. The standard InChI is InChI=1S/C16H14N4O3/c21-14(11-5-7-17-8-6-11)18-9-10-20-13-4-2-1-3-12(13)19-15(22)16(20)23/h1-8H,9-10H2,(H,18,21)(H,19,22). The number of para-hydroxylation sites is 2. The molecule has 1 aromatic carbocycles. The first kappa shape index (κ1) is 14.7. The van der Waals surface area contributed by atoms with Crippen molar-refractivity contribution in [2.45, 2.75) is 6.54 Å². The number of carbonyl (C=O) groups is 1. The van der Waals surface area contributed by atoms with Crippen molar-refractivity contribution in [2.75, 3.05) is 6.54 Å². The third-order valence-electron chi connectivity index (χ3n) is 3.45. The van der Waals surface area contributed by atoms with Gasteiger partial charge in [-0.15, -0.1) is 0 Å². The van der Waals surface area contributed by atoms with Crippen LogP contribution < -0.4 is 16.4 Å². The molecule has 0 aliphatic heterocycles. The van der Waals surface area contributed by atoms with Crippen molar-refractivity contribution >= 4 is 16.9 Å². The van der Waals surface area contributed by atoms with Crippen LogP contribution in [0, 0.1) is 0 Å². The maximum atomic E-state index is 12.0. The van der Waals surface area contributed by atoms with Gasteiger partial charge < -0.3 is 14.9 Å². The predicted molar refractivity (Wildman–Crippen MR) is 85.4 cm³/mol. The van der Waals surface area contributed by atoms with Crippen LogP contribution in [0.2, 0.25) is 0 Å². The molecule has 0 saturated carbocycles. The third-order valence-corrected chi connectivity index (χ3v) is 3.45. The molecule has 2 aromatic heterocycles. The zero-order chi connectivity index (χ0) is 16.2. The van der Waals surface area contributed by atoms with E-state index in [2.05, 4.69) is 15.3 Å². The van der Waals surface area contributed by atoms with Gasteiger partial charge in [-0.25, -0.2) is 0 Å². The summed E-state index contributed by atoms with van der Waals surface area (Å²) in [5, 5.41) is 2.72. The van der Waals surface area contributed by atoms with Crippen molar-refractivity contribution in [1.29, 1.82) is 0 Å². The largest absolute Gasteiger partial charge is 0.350 e. The molecule has 0 unspecified atom stereocenters. The third kappa shape index (κ3) is 3.03. The number of rotatable bonds is 4. The van der Waals surface area contributed by atoms with Crippen molar-refractivity contribution in [3.63, 3.8) is 0 Å². The van der Waals surface area contributed by atoms with Gasteiger partial charge in [0.1, 0.15) is 0 Å². The van der Waals surface area contributed by atoms with Gasteiger partial charge in [0.15, 0.2) is 0 Å². The zero-order valence-corrected chi connectivity index (χ0v) is 12.2. The predicted octanol–water partition coefficient (Wildman–Crippen LogP) is 0.515. The number of nitrogens with one attached hydrogen (secondary N) is 2. The summed E-state index contributed by atoms with van der Waals surface area (Å²) in [4.78, 5) is 42.1. The normalized spacial score (nSPS) is 10.6. The Morgan fingerprint density at radius 1 is 1.13 bits per heavy atom. The molecule has 23 heavy (non-hydrogen) atoms. The van der Waals surface area contributed by atoms with Crippen LogP contribution in [0.3, 0.4) is 0 Å². The van der Waals surface area contributed by atoms with Gasteiger partial charge in [0.25, 0.3) is 5.91 Å². The topological polar surface area (TPSA) is 96.9 Å². The summed E-state index contributed by atoms with van der Waals surface area (Å²) >= 11 is 0. The number of hydrogen-bond acceptors (Lipinski definition) is 4. The molecular weight excluding hydrogens is 296 g/mol. The number of pyridine rings is 1. The maximum Gasteiger partial charge on any atom is 0.316 e. The second kappa shape index (κ2) is 6.27. The van der Waals surface area contributed by atoms with E-state index in [1.807, 2.05) is 0 Å². The number of amides is 1. The van der Waals surface area contributed by atoms with Gasteiger partial charge >= 0.3 is 11.1 Å². The summed E-state index contributed by atoms with van der Waals surface area (Å²) in [5.41, 5.74) is 0.377. The van der Waals surface area contributed by atoms with Crippen LogP contribution in [0.4, 0.5) is 0 Å².